The van der Waals surface area contributed by atoms with Gasteiger partial charge in [-0.1, -0.05) is 30.4 Å². The molecule has 1 unspecified atom stereocenters. The van der Waals surface area contributed by atoms with Crippen LogP contribution in [0.2, 0.25) is 0 Å². The molecule has 0 heterocycles. The smallest absolute Gasteiger partial charge is 0.119 e. The number of ether oxygens (including phenoxy) is 1. The second-order valence-corrected chi connectivity index (χ2v) is 4.08. The van der Waals surface area contributed by atoms with E-state index in [4.69, 9.17) is 4.74 Å². The molecule has 1 atom stereocenters. The van der Waals surface area contributed by atoms with Crippen molar-refractivity contribution < 1.29 is 4.74 Å². The molecule has 2 nitrogen and oxygen atoms in total. The van der Waals surface area contributed by atoms with E-state index < -0.39 is 0 Å². The third kappa shape index (κ3) is 3.70. The molecule has 0 aliphatic heterocycles. The summed E-state index contributed by atoms with van der Waals surface area (Å²) in [5.74, 6) is 0.948. The standard InChI is InChI=1S/C14H19NO/c1-3-7-13(8-4-1)15-11-12-16-14-9-5-2-6-10-14/h2-3,5-7,9-10,13,15H,1,4,8,11-12H2. The highest BCUT2D eigenvalue weighted by atomic mass is 16.5. The summed E-state index contributed by atoms with van der Waals surface area (Å²) >= 11 is 0. The Morgan fingerprint density at radius 1 is 1.25 bits per heavy atom. The van der Waals surface area contributed by atoms with Crippen LogP contribution in [0.3, 0.4) is 0 Å². The highest BCUT2D eigenvalue weighted by Crippen LogP contribution is 2.10. The van der Waals surface area contributed by atoms with E-state index in [-0.39, 0.29) is 0 Å². The molecule has 0 radical (unpaired) electrons. The van der Waals surface area contributed by atoms with Crippen molar-refractivity contribution in [3.8, 4) is 5.75 Å². The molecule has 2 rings (SSSR count). The normalized spacial score (nSPS) is 19.6. The molecule has 0 saturated heterocycles. The molecule has 1 aliphatic carbocycles. The first-order valence-electron chi connectivity index (χ1n) is 6.03. The third-order valence-corrected chi connectivity index (χ3v) is 2.77. The van der Waals surface area contributed by atoms with Crippen LogP contribution in [-0.4, -0.2) is 19.2 Å². The maximum atomic E-state index is 5.61. The number of para-hydroxylation sites is 1. The maximum Gasteiger partial charge on any atom is 0.119 e. The quantitative estimate of drug-likeness (QED) is 0.605. The second-order valence-electron chi connectivity index (χ2n) is 4.08. The van der Waals surface area contributed by atoms with Gasteiger partial charge in [-0.2, -0.15) is 0 Å². The number of hydrogen-bond acceptors (Lipinski definition) is 2. The zero-order valence-electron chi connectivity index (χ0n) is 9.56. The van der Waals surface area contributed by atoms with Gasteiger partial charge in [0.1, 0.15) is 12.4 Å². The minimum Gasteiger partial charge on any atom is -0.492 e. The van der Waals surface area contributed by atoms with E-state index >= 15 is 0 Å². The lowest BCUT2D eigenvalue weighted by atomic mass is 10.0. The number of hydrogen-bond donors (Lipinski definition) is 1. The first-order chi connectivity index (χ1) is 7.95. The maximum absolute atomic E-state index is 5.61. The Labute approximate surface area is 97.3 Å². The van der Waals surface area contributed by atoms with Gasteiger partial charge in [-0.25, -0.2) is 0 Å². The fraction of sp³-hybridized carbons (Fsp3) is 0.429. The molecule has 0 saturated carbocycles. The fourth-order valence-corrected chi connectivity index (χ4v) is 1.91. The van der Waals surface area contributed by atoms with Gasteiger partial charge >= 0.3 is 0 Å². The summed E-state index contributed by atoms with van der Waals surface area (Å²) in [6, 6.07) is 10.5. The Balaban J connectivity index is 1.61. The van der Waals surface area contributed by atoms with Gasteiger partial charge in [0.2, 0.25) is 0 Å². The number of benzene rings is 1. The molecular weight excluding hydrogens is 198 g/mol. The van der Waals surface area contributed by atoms with Crippen molar-refractivity contribution in [2.75, 3.05) is 13.2 Å². The summed E-state index contributed by atoms with van der Waals surface area (Å²) in [5.41, 5.74) is 0. The van der Waals surface area contributed by atoms with Crippen molar-refractivity contribution in [1.29, 1.82) is 0 Å². The van der Waals surface area contributed by atoms with Crippen LogP contribution in [0, 0.1) is 0 Å². The summed E-state index contributed by atoms with van der Waals surface area (Å²) in [6.45, 7) is 1.64. The Morgan fingerprint density at radius 3 is 2.88 bits per heavy atom. The van der Waals surface area contributed by atoms with Crippen molar-refractivity contribution in [3.05, 3.63) is 42.5 Å². The van der Waals surface area contributed by atoms with E-state index in [1.807, 2.05) is 30.3 Å². The van der Waals surface area contributed by atoms with Gasteiger partial charge in [0.15, 0.2) is 0 Å². The largest absolute Gasteiger partial charge is 0.492 e. The van der Waals surface area contributed by atoms with Gasteiger partial charge in [0, 0.05) is 12.6 Å². The molecule has 2 heteroatoms. The summed E-state index contributed by atoms with van der Waals surface area (Å²) in [7, 11) is 0. The van der Waals surface area contributed by atoms with Gasteiger partial charge in [-0.15, -0.1) is 0 Å². The van der Waals surface area contributed by atoms with E-state index in [9.17, 15) is 0 Å². The summed E-state index contributed by atoms with van der Waals surface area (Å²) < 4.78 is 5.61. The first kappa shape index (κ1) is 11.2. The van der Waals surface area contributed by atoms with E-state index in [1.165, 1.54) is 19.3 Å². The van der Waals surface area contributed by atoms with Crippen LogP contribution in [-0.2, 0) is 0 Å². The number of rotatable bonds is 5. The second kappa shape index (κ2) is 6.33. The van der Waals surface area contributed by atoms with Crippen LogP contribution < -0.4 is 10.1 Å². The predicted molar refractivity (Wildman–Crippen MR) is 66.7 cm³/mol. The van der Waals surface area contributed by atoms with Gasteiger partial charge in [0.05, 0.1) is 0 Å². The molecule has 16 heavy (non-hydrogen) atoms. The Bertz CT molecular complexity index is 321. The molecular formula is C14H19NO. The van der Waals surface area contributed by atoms with E-state index in [0.717, 1.165) is 18.9 Å². The highest BCUT2D eigenvalue weighted by molar-refractivity contribution is 5.20. The monoisotopic (exact) mass is 217 g/mol. The Morgan fingerprint density at radius 2 is 2.12 bits per heavy atom. The number of allylic oxidation sites excluding steroid dienone is 1. The summed E-state index contributed by atoms with van der Waals surface area (Å²) in [5, 5.41) is 3.48. The minimum atomic E-state index is 0.549. The minimum absolute atomic E-state index is 0.549. The molecule has 0 bridgehead atoms. The van der Waals surface area contributed by atoms with Gasteiger partial charge in [0.25, 0.3) is 0 Å². The topological polar surface area (TPSA) is 21.3 Å². The van der Waals surface area contributed by atoms with Gasteiger partial charge in [-0.3, -0.25) is 0 Å². The van der Waals surface area contributed by atoms with Crippen molar-refractivity contribution in [2.45, 2.75) is 25.3 Å². The van der Waals surface area contributed by atoms with Crippen molar-refractivity contribution >= 4 is 0 Å². The van der Waals surface area contributed by atoms with Gasteiger partial charge in [-0.05, 0) is 31.4 Å². The van der Waals surface area contributed by atoms with E-state index in [2.05, 4.69) is 17.5 Å². The average molecular weight is 217 g/mol. The van der Waals surface area contributed by atoms with Crippen LogP contribution in [0.15, 0.2) is 42.5 Å². The predicted octanol–water partition coefficient (Wildman–Crippen LogP) is 2.76. The van der Waals surface area contributed by atoms with Gasteiger partial charge < -0.3 is 10.1 Å². The Kier molecular flexibility index (Phi) is 4.44. The zero-order chi connectivity index (χ0) is 11.1. The number of nitrogens with one attached hydrogen (secondary N) is 1. The molecule has 1 N–H and O–H groups in total. The molecule has 0 amide bonds. The van der Waals surface area contributed by atoms with Crippen molar-refractivity contribution in [3.63, 3.8) is 0 Å². The average Bonchev–Trinajstić information content (AvgIpc) is 2.37. The lowest BCUT2D eigenvalue weighted by Gasteiger charge is -2.17. The first-order valence-corrected chi connectivity index (χ1v) is 6.03. The van der Waals surface area contributed by atoms with Crippen molar-refractivity contribution in [1.82, 2.24) is 5.32 Å². The lowest BCUT2D eigenvalue weighted by Crippen LogP contribution is -2.32. The zero-order valence-corrected chi connectivity index (χ0v) is 9.56. The lowest BCUT2D eigenvalue weighted by molar-refractivity contribution is 0.307. The molecule has 0 fully saturated rings. The molecule has 0 spiro atoms. The van der Waals surface area contributed by atoms with Crippen LogP contribution in [0.4, 0.5) is 0 Å². The van der Waals surface area contributed by atoms with E-state index in [1.54, 1.807) is 0 Å². The Hall–Kier alpha value is -1.28. The SMILES string of the molecule is C1=CC(NCCOc2ccccc2)CCC1. The van der Waals surface area contributed by atoms with Crippen molar-refractivity contribution in [2.24, 2.45) is 0 Å². The molecule has 1 aromatic carbocycles. The summed E-state index contributed by atoms with van der Waals surface area (Å²) in [4.78, 5) is 0. The molecule has 1 aliphatic rings. The highest BCUT2D eigenvalue weighted by Gasteiger charge is 2.06. The van der Waals surface area contributed by atoms with Crippen LogP contribution in [0.25, 0.3) is 0 Å². The van der Waals surface area contributed by atoms with Crippen LogP contribution >= 0.6 is 0 Å². The van der Waals surface area contributed by atoms with E-state index in [0.29, 0.717) is 6.04 Å². The van der Waals surface area contributed by atoms with Crippen LogP contribution in [0.5, 0.6) is 5.75 Å². The molecule has 1 aromatic rings. The third-order valence-electron chi connectivity index (χ3n) is 2.77. The molecule has 86 valence electrons. The fourth-order valence-electron chi connectivity index (χ4n) is 1.91. The molecule has 0 aromatic heterocycles. The van der Waals surface area contributed by atoms with Crippen LogP contribution in [0.1, 0.15) is 19.3 Å². The summed E-state index contributed by atoms with van der Waals surface area (Å²) in [6.07, 6.45) is 8.32.